The molecule has 382 valence electrons. The van der Waals surface area contributed by atoms with E-state index in [4.69, 9.17) is 14.2 Å². The molecule has 0 spiro atoms. The summed E-state index contributed by atoms with van der Waals surface area (Å²) in [5.41, 5.74) is 0. The highest BCUT2D eigenvalue weighted by Crippen LogP contribution is 2.15. The molecular weight excluding hydrogens is 817 g/mol. The van der Waals surface area contributed by atoms with E-state index in [1.54, 1.807) is 0 Å². The molecule has 0 saturated heterocycles. The Labute approximate surface area is 409 Å². The molecule has 0 saturated carbocycles. The molecular formula is C60H106O6. The SMILES string of the molecule is CCCCC/C=C\C/C=C\CCCCCCCCCC(=O)OC(COC(=O)CCCCCCC/C=C\CCCCCC)COC(=O)CCCCCCCCC/C=C\C/C=C\CCCCCC. The van der Waals surface area contributed by atoms with E-state index in [0.717, 1.165) is 89.9 Å². The number of esters is 3. The molecule has 0 aliphatic rings. The monoisotopic (exact) mass is 923 g/mol. The van der Waals surface area contributed by atoms with E-state index in [1.165, 1.54) is 154 Å². The second-order valence-corrected chi connectivity index (χ2v) is 18.8. The maximum Gasteiger partial charge on any atom is 0.306 e. The molecule has 1 atom stereocenters. The molecule has 0 aliphatic heterocycles. The second kappa shape index (κ2) is 54.7. The van der Waals surface area contributed by atoms with Gasteiger partial charge in [0.25, 0.3) is 0 Å². The minimum Gasteiger partial charge on any atom is -0.462 e. The summed E-state index contributed by atoms with van der Waals surface area (Å²) in [6.45, 7) is 6.58. The summed E-state index contributed by atoms with van der Waals surface area (Å²) in [6, 6.07) is 0. The Morgan fingerprint density at radius 2 is 0.545 bits per heavy atom. The molecule has 0 rings (SSSR count). The zero-order chi connectivity index (χ0) is 47.9. The molecule has 0 amide bonds. The van der Waals surface area contributed by atoms with Gasteiger partial charge in [0.05, 0.1) is 0 Å². The zero-order valence-electron chi connectivity index (χ0n) is 43.7. The van der Waals surface area contributed by atoms with E-state index in [2.05, 4.69) is 81.5 Å². The quantitative estimate of drug-likeness (QED) is 0.0262. The minimum atomic E-state index is -0.785. The van der Waals surface area contributed by atoms with Crippen LogP contribution < -0.4 is 0 Å². The van der Waals surface area contributed by atoms with E-state index in [9.17, 15) is 14.4 Å². The van der Waals surface area contributed by atoms with E-state index < -0.39 is 6.10 Å². The summed E-state index contributed by atoms with van der Waals surface area (Å²) in [4.78, 5) is 38.1. The third kappa shape index (κ3) is 52.1. The fourth-order valence-corrected chi connectivity index (χ4v) is 7.91. The van der Waals surface area contributed by atoms with Crippen molar-refractivity contribution in [1.82, 2.24) is 0 Å². The topological polar surface area (TPSA) is 78.9 Å². The molecule has 0 aromatic carbocycles. The van der Waals surface area contributed by atoms with Crippen molar-refractivity contribution in [3.8, 4) is 0 Å². The first-order chi connectivity index (χ1) is 32.5. The van der Waals surface area contributed by atoms with Gasteiger partial charge in [0, 0.05) is 19.3 Å². The molecule has 0 bridgehead atoms. The third-order valence-electron chi connectivity index (χ3n) is 12.2. The van der Waals surface area contributed by atoms with Gasteiger partial charge in [0.15, 0.2) is 6.10 Å². The molecule has 0 N–H and O–H groups in total. The van der Waals surface area contributed by atoms with Crippen LogP contribution in [0.2, 0.25) is 0 Å². The summed E-state index contributed by atoms with van der Waals surface area (Å²) >= 11 is 0. The van der Waals surface area contributed by atoms with Crippen molar-refractivity contribution in [2.45, 2.75) is 290 Å². The molecule has 6 nitrogen and oxygen atoms in total. The molecule has 6 heteroatoms. The van der Waals surface area contributed by atoms with Gasteiger partial charge < -0.3 is 14.2 Å². The van der Waals surface area contributed by atoms with Crippen molar-refractivity contribution in [2.75, 3.05) is 13.2 Å². The third-order valence-corrected chi connectivity index (χ3v) is 12.2. The van der Waals surface area contributed by atoms with Gasteiger partial charge in [-0.15, -0.1) is 0 Å². The van der Waals surface area contributed by atoms with Crippen LogP contribution in [0.15, 0.2) is 60.8 Å². The average Bonchev–Trinajstić information content (AvgIpc) is 3.31. The van der Waals surface area contributed by atoms with Crippen LogP contribution in [-0.4, -0.2) is 37.2 Å². The molecule has 0 aromatic heterocycles. The van der Waals surface area contributed by atoms with Crippen LogP contribution in [0, 0.1) is 0 Å². The van der Waals surface area contributed by atoms with Crippen molar-refractivity contribution in [2.24, 2.45) is 0 Å². The van der Waals surface area contributed by atoms with Gasteiger partial charge in [-0.2, -0.15) is 0 Å². The number of hydrogen-bond acceptors (Lipinski definition) is 6. The lowest BCUT2D eigenvalue weighted by Crippen LogP contribution is -2.30. The summed E-state index contributed by atoms with van der Waals surface area (Å²) in [6.07, 6.45) is 67.7. The first kappa shape index (κ1) is 63.1. The first-order valence-corrected chi connectivity index (χ1v) is 28.3. The predicted octanol–water partition coefficient (Wildman–Crippen LogP) is 18.8. The van der Waals surface area contributed by atoms with Gasteiger partial charge in [-0.05, 0) is 109 Å². The summed E-state index contributed by atoms with van der Waals surface area (Å²) < 4.78 is 16.8. The Morgan fingerprint density at radius 3 is 0.879 bits per heavy atom. The van der Waals surface area contributed by atoms with Gasteiger partial charge in [-0.1, -0.05) is 216 Å². The summed E-state index contributed by atoms with van der Waals surface area (Å²) in [7, 11) is 0. The maximum absolute atomic E-state index is 12.8. The number of unbranched alkanes of at least 4 members (excludes halogenated alkanes) is 30. The number of allylic oxidation sites excluding steroid dienone is 10. The highest BCUT2D eigenvalue weighted by Gasteiger charge is 2.19. The fourth-order valence-electron chi connectivity index (χ4n) is 7.91. The van der Waals surface area contributed by atoms with Crippen molar-refractivity contribution in [3.05, 3.63) is 60.8 Å². The molecule has 0 radical (unpaired) electrons. The Morgan fingerprint density at radius 1 is 0.303 bits per heavy atom. The molecule has 1 unspecified atom stereocenters. The first-order valence-electron chi connectivity index (χ1n) is 28.3. The van der Waals surface area contributed by atoms with Crippen LogP contribution in [0.1, 0.15) is 284 Å². The number of rotatable bonds is 51. The van der Waals surface area contributed by atoms with Gasteiger partial charge in [-0.3, -0.25) is 14.4 Å². The summed E-state index contributed by atoms with van der Waals surface area (Å²) in [5.74, 6) is -0.899. The average molecular weight is 924 g/mol. The van der Waals surface area contributed by atoms with Gasteiger partial charge >= 0.3 is 17.9 Å². The Hall–Kier alpha value is -2.89. The van der Waals surface area contributed by atoms with Crippen molar-refractivity contribution in [1.29, 1.82) is 0 Å². The van der Waals surface area contributed by atoms with Crippen molar-refractivity contribution >= 4 is 17.9 Å². The lowest BCUT2D eigenvalue weighted by atomic mass is 10.1. The Bertz CT molecular complexity index is 1200. The smallest absolute Gasteiger partial charge is 0.306 e. The van der Waals surface area contributed by atoms with Gasteiger partial charge in [0.2, 0.25) is 0 Å². The van der Waals surface area contributed by atoms with Crippen LogP contribution in [0.25, 0.3) is 0 Å². The largest absolute Gasteiger partial charge is 0.462 e. The molecule has 0 aliphatic carbocycles. The predicted molar refractivity (Wildman–Crippen MR) is 284 cm³/mol. The highest BCUT2D eigenvalue weighted by atomic mass is 16.6. The Kier molecular flexibility index (Phi) is 52.3. The number of carbonyl (C=O) groups excluding carboxylic acids is 3. The van der Waals surface area contributed by atoms with E-state index in [1.807, 2.05) is 0 Å². The normalized spacial score (nSPS) is 12.5. The highest BCUT2D eigenvalue weighted by molar-refractivity contribution is 5.71. The lowest BCUT2D eigenvalue weighted by molar-refractivity contribution is -0.167. The standard InChI is InChI=1S/C60H106O6/c1-4-7-10-13-16-19-22-25-27-29-31-32-35-38-41-44-47-50-53-59(62)65-56-57(55-64-58(61)52-49-46-43-40-37-34-24-21-18-15-12-9-6-3)66-60(63)54-51-48-45-42-39-36-33-30-28-26-23-20-17-14-11-8-5-2/h17,19-22,24,26-29,57H,4-16,18,23,25,30-56H2,1-3H3/b20-17-,22-19-,24-21-,28-26-,29-27-. The van der Waals surface area contributed by atoms with E-state index >= 15 is 0 Å². The van der Waals surface area contributed by atoms with Crippen LogP contribution in [0.4, 0.5) is 0 Å². The summed E-state index contributed by atoms with van der Waals surface area (Å²) in [5, 5.41) is 0. The van der Waals surface area contributed by atoms with Crippen LogP contribution in [0.5, 0.6) is 0 Å². The van der Waals surface area contributed by atoms with E-state index in [-0.39, 0.29) is 31.1 Å². The van der Waals surface area contributed by atoms with Crippen LogP contribution in [-0.2, 0) is 28.6 Å². The number of hydrogen-bond donors (Lipinski definition) is 0. The Balaban J connectivity index is 4.39. The zero-order valence-corrected chi connectivity index (χ0v) is 43.7. The molecule has 0 aromatic rings. The second-order valence-electron chi connectivity index (χ2n) is 18.8. The van der Waals surface area contributed by atoms with Crippen molar-refractivity contribution < 1.29 is 28.6 Å². The lowest BCUT2D eigenvalue weighted by Gasteiger charge is -2.18. The van der Waals surface area contributed by atoms with E-state index in [0.29, 0.717) is 19.3 Å². The minimum absolute atomic E-state index is 0.0836. The number of ether oxygens (including phenoxy) is 3. The van der Waals surface area contributed by atoms with Gasteiger partial charge in [0.1, 0.15) is 13.2 Å². The fraction of sp³-hybridized carbons (Fsp3) is 0.783. The van der Waals surface area contributed by atoms with Gasteiger partial charge in [-0.25, -0.2) is 0 Å². The molecule has 66 heavy (non-hydrogen) atoms. The van der Waals surface area contributed by atoms with Crippen molar-refractivity contribution in [3.63, 3.8) is 0 Å². The maximum atomic E-state index is 12.8. The number of carbonyl (C=O) groups is 3. The van der Waals surface area contributed by atoms with Crippen LogP contribution in [0.3, 0.4) is 0 Å². The van der Waals surface area contributed by atoms with Crippen LogP contribution >= 0.6 is 0 Å². The molecule has 0 heterocycles. The molecule has 0 fully saturated rings.